The topological polar surface area (TPSA) is 35.5 Å². The molecule has 0 saturated heterocycles. The molecule has 2 rings (SSSR count). The summed E-state index contributed by atoms with van der Waals surface area (Å²) in [5.74, 6) is -1.70. The number of ether oxygens (including phenoxy) is 2. The molecule has 0 aromatic heterocycles. The average molecular weight is 384 g/mol. The van der Waals surface area contributed by atoms with Crippen molar-refractivity contribution in [1.82, 2.24) is 0 Å². The van der Waals surface area contributed by atoms with Crippen LogP contribution in [0.1, 0.15) is 12.5 Å². The molecule has 3 nitrogen and oxygen atoms in total. The van der Waals surface area contributed by atoms with E-state index >= 15 is 0 Å². The zero-order valence-electron chi connectivity index (χ0n) is 13.9. The average Bonchev–Trinajstić information content (AvgIpc) is 2.60. The molecule has 0 aliphatic rings. The Hall–Kier alpha value is -3.08. The van der Waals surface area contributed by atoms with E-state index in [1.165, 1.54) is 31.2 Å². The molecule has 0 spiro atoms. The fourth-order valence-corrected chi connectivity index (χ4v) is 2.09. The molecule has 0 atom stereocenters. The predicted molar refractivity (Wildman–Crippen MR) is 86.9 cm³/mol. The molecule has 27 heavy (non-hydrogen) atoms. The second kappa shape index (κ2) is 8.08. The second-order valence-electron chi connectivity index (χ2n) is 5.19. The molecule has 0 bridgehead atoms. The molecule has 0 heterocycles. The second-order valence-corrected chi connectivity index (χ2v) is 5.19. The smallest absolute Gasteiger partial charge is 0.456 e. The maximum absolute atomic E-state index is 14.0. The lowest BCUT2D eigenvalue weighted by atomic mass is 10.0. The van der Waals surface area contributed by atoms with Gasteiger partial charge in [-0.25, -0.2) is 4.79 Å². The van der Waals surface area contributed by atoms with Crippen LogP contribution in [0.4, 0.5) is 22.0 Å². The van der Waals surface area contributed by atoms with Crippen LogP contribution in [0, 0.1) is 11.8 Å². The molecule has 0 aliphatic carbocycles. The highest BCUT2D eigenvalue weighted by Crippen LogP contribution is 2.30. The van der Waals surface area contributed by atoms with Crippen molar-refractivity contribution in [3.8, 4) is 28.7 Å². The Morgan fingerprint density at radius 3 is 1.93 bits per heavy atom. The van der Waals surface area contributed by atoms with Crippen LogP contribution in [-0.4, -0.2) is 18.9 Å². The maximum Gasteiger partial charge on any atom is 0.573 e. The van der Waals surface area contributed by atoms with Crippen LogP contribution in [0.5, 0.6) is 5.75 Å². The lowest BCUT2D eigenvalue weighted by Gasteiger charge is -2.11. The minimum Gasteiger partial charge on any atom is -0.456 e. The predicted octanol–water partition coefficient (Wildman–Crippen LogP) is 4.91. The van der Waals surface area contributed by atoms with E-state index in [0.29, 0.717) is 11.1 Å². The summed E-state index contributed by atoms with van der Waals surface area (Å²) in [6, 6.07) is 9.96. The van der Waals surface area contributed by atoms with Crippen molar-refractivity contribution in [3.63, 3.8) is 0 Å². The normalized spacial score (nSPS) is 11.3. The zero-order valence-corrected chi connectivity index (χ0v) is 13.9. The summed E-state index contributed by atoms with van der Waals surface area (Å²) in [4.78, 5) is 11.1. The van der Waals surface area contributed by atoms with Crippen molar-refractivity contribution in [3.05, 3.63) is 54.1 Å². The maximum atomic E-state index is 14.0. The molecule has 0 fully saturated rings. The number of alkyl halides is 5. The third-order valence-corrected chi connectivity index (χ3v) is 3.27. The Labute approximate surface area is 151 Å². The van der Waals surface area contributed by atoms with E-state index in [9.17, 15) is 26.7 Å². The van der Waals surface area contributed by atoms with Gasteiger partial charge in [0.2, 0.25) is 0 Å². The standard InChI is InChI=1S/C19H13F5O3/c1-2-26-17(25)11-12-18(20,21)15-7-3-13(4-8-15)14-5-9-16(10-6-14)27-19(22,23)24/h3-10H,2H2,1H3. The van der Waals surface area contributed by atoms with Gasteiger partial charge in [-0.1, -0.05) is 36.4 Å². The number of carbonyl (C=O) groups excluding carboxylic acids is 1. The number of halogens is 5. The molecule has 0 unspecified atom stereocenters. The van der Waals surface area contributed by atoms with Gasteiger partial charge in [-0.05, 0) is 36.1 Å². The van der Waals surface area contributed by atoms with Crippen LogP contribution >= 0.6 is 0 Å². The molecular weight excluding hydrogens is 371 g/mol. The van der Waals surface area contributed by atoms with Gasteiger partial charge in [0.25, 0.3) is 0 Å². The van der Waals surface area contributed by atoms with Crippen molar-refractivity contribution >= 4 is 5.97 Å². The molecule has 0 N–H and O–H groups in total. The fraction of sp³-hybridized carbons (Fsp3) is 0.211. The lowest BCUT2D eigenvalue weighted by Crippen LogP contribution is -2.16. The Kier molecular flexibility index (Phi) is 6.05. The van der Waals surface area contributed by atoms with Crippen LogP contribution in [0.15, 0.2) is 48.5 Å². The van der Waals surface area contributed by atoms with Gasteiger partial charge in [0, 0.05) is 11.5 Å². The van der Waals surface area contributed by atoms with Crippen molar-refractivity contribution in [2.45, 2.75) is 19.2 Å². The van der Waals surface area contributed by atoms with Gasteiger partial charge in [-0.2, -0.15) is 8.78 Å². The van der Waals surface area contributed by atoms with E-state index in [-0.39, 0.29) is 12.4 Å². The molecule has 0 amide bonds. The zero-order chi connectivity index (χ0) is 20.1. The number of carbonyl (C=O) groups is 1. The molecule has 2 aromatic rings. The molecule has 142 valence electrons. The lowest BCUT2D eigenvalue weighted by molar-refractivity contribution is -0.274. The largest absolute Gasteiger partial charge is 0.573 e. The number of esters is 1. The van der Waals surface area contributed by atoms with Crippen molar-refractivity contribution in [2.24, 2.45) is 0 Å². The van der Waals surface area contributed by atoms with Gasteiger partial charge < -0.3 is 9.47 Å². The number of rotatable bonds is 4. The highest BCUT2D eigenvalue weighted by molar-refractivity contribution is 5.88. The summed E-state index contributed by atoms with van der Waals surface area (Å²) in [6.07, 6.45) is -4.79. The number of hydrogen-bond acceptors (Lipinski definition) is 3. The van der Waals surface area contributed by atoms with Gasteiger partial charge in [0.05, 0.1) is 6.61 Å². The Morgan fingerprint density at radius 2 is 1.44 bits per heavy atom. The Balaban J connectivity index is 2.16. The van der Waals surface area contributed by atoms with Crippen LogP contribution in [0.2, 0.25) is 0 Å². The summed E-state index contributed by atoms with van der Waals surface area (Å²) in [7, 11) is 0. The monoisotopic (exact) mass is 384 g/mol. The molecule has 0 aliphatic heterocycles. The third-order valence-electron chi connectivity index (χ3n) is 3.27. The first-order valence-corrected chi connectivity index (χ1v) is 7.65. The van der Waals surface area contributed by atoms with Gasteiger partial charge in [0.15, 0.2) is 0 Å². The Morgan fingerprint density at radius 1 is 0.926 bits per heavy atom. The van der Waals surface area contributed by atoms with Crippen LogP contribution in [0.25, 0.3) is 11.1 Å². The van der Waals surface area contributed by atoms with E-state index in [1.54, 1.807) is 11.8 Å². The van der Waals surface area contributed by atoms with Gasteiger partial charge in [-0.15, -0.1) is 13.2 Å². The molecular formula is C19H13F5O3. The van der Waals surface area contributed by atoms with Crippen molar-refractivity contribution < 1.29 is 36.2 Å². The SMILES string of the molecule is CCOC(=O)C#CC(F)(F)c1ccc(-c2ccc(OC(F)(F)F)cc2)cc1. The van der Waals surface area contributed by atoms with Crippen molar-refractivity contribution in [2.75, 3.05) is 6.61 Å². The van der Waals surface area contributed by atoms with Crippen LogP contribution in [0.3, 0.4) is 0 Å². The number of benzene rings is 2. The Bertz CT molecular complexity index is 844. The third kappa shape index (κ3) is 5.99. The van der Waals surface area contributed by atoms with Crippen molar-refractivity contribution in [1.29, 1.82) is 0 Å². The highest BCUT2D eigenvalue weighted by atomic mass is 19.4. The van der Waals surface area contributed by atoms with E-state index in [1.807, 2.05) is 0 Å². The summed E-state index contributed by atoms with van der Waals surface area (Å²) in [6.45, 7) is 1.55. The van der Waals surface area contributed by atoms with Crippen LogP contribution in [-0.2, 0) is 15.5 Å². The van der Waals surface area contributed by atoms with Gasteiger partial charge in [0.1, 0.15) is 5.75 Å². The van der Waals surface area contributed by atoms with E-state index in [4.69, 9.17) is 0 Å². The molecule has 2 aromatic carbocycles. The summed E-state index contributed by atoms with van der Waals surface area (Å²) in [5.41, 5.74) is 0.587. The fourth-order valence-electron chi connectivity index (χ4n) is 2.09. The van der Waals surface area contributed by atoms with E-state index in [0.717, 1.165) is 24.3 Å². The van der Waals surface area contributed by atoms with E-state index < -0.39 is 23.8 Å². The van der Waals surface area contributed by atoms with Gasteiger partial charge in [-0.3, -0.25) is 0 Å². The molecule has 8 heteroatoms. The molecule has 0 saturated carbocycles. The minimum absolute atomic E-state index is 0.0284. The minimum atomic E-state index is -4.79. The number of hydrogen-bond donors (Lipinski definition) is 0. The van der Waals surface area contributed by atoms with E-state index in [2.05, 4.69) is 9.47 Å². The first-order chi connectivity index (χ1) is 12.6. The van der Waals surface area contributed by atoms with Crippen LogP contribution < -0.4 is 4.74 Å². The summed E-state index contributed by atoms with van der Waals surface area (Å²) >= 11 is 0. The quantitative estimate of drug-likeness (QED) is 0.325. The first kappa shape index (κ1) is 20.2. The highest BCUT2D eigenvalue weighted by Gasteiger charge is 2.31. The van der Waals surface area contributed by atoms with Gasteiger partial charge >= 0.3 is 18.3 Å². The first-order valence-electron chi connectivity index (χ1n) is 7.65. The summed E-state index contributed by atoms with van der Waals surface area (Å²) < 4.78 is 72.7. The summed E-state index contributed by atoms with van der Waals surface area (Å²) in [5, 5.41) is 0. The molecule has 0 radical (unpaired) electrons.